The van der Waals surface area contributed by atoms with Gasteiger partial charge in [-0.15, -0.1) is 0 Å². The Morgan fingerprint density at radius 1 is 1.32 bits per heavy atom. The van der Waals surface area contributed by atoms with Gasteiger partial charge in [-0.2, -0.15) is 0 Å². The molecule has 3 rings (SSSR count). The van der Waals surface area contributed by atoms with Crippen molar-refractivity contribution in [2.75, 3.05) is 6.54 Å². The largest absolute Gasteiger partial charge is 0.508 e. The van der Waals surface area contributed by atoms with Crippen LogP contribution in [0.3, 0.4) is 0 Å². The van der Waals surface area contributed by atoms with E-state index in [4.69, 9.17) is 9.93 Å². The summed E-state index contributed by atoms with van der Waals surface area (Å²) < 4.78 is 5.09. The molecule has 9 nitrogen and oxygen atoms in total. The molecule has 0 spiro atoms. The van der Waals surface area contributed by atoms with Gasteiger partial charge in [0.1, 0.15) is 18.1 Å². The lowest BCUT2D eigenvalue weighted by Gasteiger charge is -2.17. The van der Waals surface area contributed by atoms with Gasteiger partial charge in [-0.25, -0.2) is 9.69 Å². The van der Waals surface area contributed by atoms with E-state index in [1.807, 2.05) is 6.92 Å². The molecule has 1 saturated heterocycles. The van der Waals surface area contributed by atoms with E-state index >= 15 is 0 Å². The van der Waals surface area contributed by atoms with Crippen LogP contribution in [0.1, 0.15) is 22.6 Å². The Balaban J connectivity index is 1.69. The third-order valence-electron chi connectivity index (χ3n) is 4.46. The van der Waals surface area contributed by atoms with Crippen LogP contribution in [0.25, 0.3) is 0 Å². The number of carbonyl (C=O) groups is 2. The van der Waals surface area contributed by atoms with Crippen molar-refractivity contribution in [3.05, 3.63) is 58.7 Å². The first-order valence-electron chi connectivity index (χ1n) is 8.66. The zero-order chi connectivity index (χ0) is 20.3. The number of hydrogen-bond acceptors (Lipinski definition) is 7. The van der Waals surface area contributed by atoms with Gasteiger partial charge in [0.15, 0.2) is 0 Å². The van der Waals surface area contributed by atoms with E-state index in [0.29, 0.717) is 12.3 Å². The van der Waals surface area contributed by atoms with Crippen LogP contribution >= 0.6 is 0 Å². The van der Waals surface area contributed by atoms with Crippen molar-refractivity contribution in [1.29, 1.82) is 5.41 Å². The smallest absolute Gasteiger partial charge is 0.332 e. The minimum atomic E-state index is -0.494. The Kier molecular flexibility index (Phi) is 5.44. The summed E-state index contributed by atoms with van der Waals surface area (Å²) in [6, 6.07) is 5.93. The lowest BCUT2D eigenvalue weighted by atomic mass is 10.2. The molecule has 1 fully saturated rings. The maximum Gasteiger partial charge on any atom is 0.332 e. The second kappa shape index (κ2) is 7.95. The Morgan fingerprint density at radius 3 is 2.64 bits per heavy atom. The molecule has 1 aromatic heterocycles. The summed E-state index contributed by atoms with van der Waals surface area (Å²) in [6.45, 7) is 4.18. The number of urea groups is 1. The van der Waals surface area contributed by atoms with Crippen molar-refractivity contribution in [2.45, 2.75) is 26.9 Å². The molecule has 0 atom stereocenters. The SMILES string of the molecule is Cc1noc(C)c1CN/C=C(\C=N)N1C(=O)CN(Cc2ccc(O)cc2)C1=O. The van der Waals surface area contributed by atoms with Gasteiger partial charge in [0.05, 0.1) is 11.4 Å². The highest BCUT2D eigenvalue weighted by atomic mass is 16.5. The summed E-state index contributed by atoms with van der Waals surface area (Å²) in [4.78, 5) is 27.4. The summed E-state index contributed by atoms with van der Waals surface area (Å²) in [5.74, 6) is 0.411. The number of nitrogens with one attached hydrogen (secondary N) is 2. The van der Waals surface area contributed by atoms with Gasteiger partial charge in [0.2, 0.25) is 0 Å². The second-order valence-corrected chi connectivity index (χ2v) is 6.43. The molecule has 2 heterocycles. The monoisotopic (exact) mass is 383 g/mol. The first-order chi connectivity index (χ1) is 13.4. The van der Waals surface area contributed by atoms with Crippen LogP contribution in [-0.4, -0.2) is 44.8 Å². The number of phenols is 1. The van der Waals surface area contributed by atoms with Crippen molar-refractivity contribution in [2.24, 2.45) is 0 Å². The molecule has 2 aromatic rings. The van der Waals surface area contributed by atoms with E-state index in [-0.39, 0.29) is 24.5 Å². The van der Waals surface area contributed by atoms with Gasteiger partial charge in [0, 0.05) is 31.1 Å². The molecule has 146 valence electrons. The highest BCUT2D eigenvalue weighted by molar-refractivity contribution is 6.07. The highest BCUT2D eigenvalue weighted by Gasteiger charge is 2.37. The van der Waals surface area contributed by atoms with E-state index in [1.165, 1.54) is 23.2 Å². The van der Waals surface area contributed by atoms with Gasteiger partial charge in [0.25, 0.3) is 5.91 Å². The van der Waals surface area contributed by atoms with Crippen LogP contribution < -0.4 is 5.32 Å². The molecule has 0 radical (unpaired) electrons. The zero-order valence-corrected chi connectivity index (χ0v) is 15.6. The van der Waals surface area contributed by atoms with Gasteiger partial charge in [-0.05, 0) is 31.5 Å². The third-order valence-corrected chi connectivity index (χ3v) is 4.46. The Morgan fingerprint density at radius 2 is 2.04 bits per heavy atom. The fraction of sp³-hybridized carbons (Fsp3) is 0.263. The standard InChI is InChI=1S/C19H21N5O4/c1-12-17(13(2)28-22-12)9-21-8-15(7-20)24-18(26)11-23(19(24)27)10-14-3-5-16(25)6-4-14/h3-8,20-21,25H,9-11H2,1-2H3/b15-8+,20-7?. The predicted octanol–water partition coefficient (Wildman–Crippen LogP) is 2.04. The number of aromatic hydroxyl groups is 1. The van der Waals surface area contributed by atoms with Crippen molar-refractivity contribution < 1.29 is 19.2 Å². The molecular weight excluding hydrogens is 362 g/mol. The summed E-state index contributed by atoms with van der Waals surface area (Å²) in [5, 5.41) is 23.8. The molecule has 28 heavy (non-hydrogen) atoms. The maximum atomic E-state index is 12.7. The first-order valence-corrected chi connectivity index (χ1v) is 8.66. The first kappa shape index (κ1) is 19.2. The van der Waals surface area contributed by atoms with Crippen LogP contribution in [0, 0.1) is 19.3 Å². The number of phenolic OH excluding ortho intramolecular Hbond substituents is 1. The number of nitrogens with zero attached hydrogens (tertiary/aromatic N) is 3. The number of amides is 3. The maximum absolute atomic E-state index is 12.7. The molecule has 3 amide bonds. The van der Waals surface area contributed by atoms with Gasteiger partial charge >= 0.3 is 6.03 Å². The molecule has 1 aliphatic rings. The predicted molar refractivity (Wildman–Crippen MR) is 100 cm³/mol. The van der Waals surface area contributed by atoms with Gasteiger partial charge in [-0.3, -0.25) is 4.79 Å². The van der Waals surface area contributed by atoms with Crippen LogP contribution in [0.15, 0.2) is 40.7 Å². The number of allylic oxidation sites excluding steroid dienone is 1. The quantitative estimate of drug-likeness (QED) is 0.497. The summed E-state index contributed by atoms with van der Waals surface area (Å²) in [5.41, 5.74) is 2.57. The topological polar surface area (TPSA) is 123 Å². The molecule has 1 aliphatic heterocycles. The molecule has 1 aromatic carbocycles. The number of benzene rings is 1. The minimum absolute atomic E-state index is 0.0746. The van der Waals surface area contributed by atoms with Crippen LogP contribution in [-0.2, 0) is 17.9 Å². The number of hydrogen-bond donors (Lipinski definition) is 3. The van der Waals surface area contributed by atoms with Crippen molar-refractivity contribution in [3.8, 4) is 5.75 Å². The van der Waals surface area contributed by atoms with E-state index in [2.05, 4.69) is 10.5 Å². The normalized spacial score (nSPS) is 14.7. The number of imide groups is 1. The minimum Gasteiger partial charge on any atom is -0.508 e. The van der Waals surface area contributed by atoms with Gasteiger partial charge in [-0.1, -0.05) is 17.3 Å². The lowest BCUT2D eigenvalue weighted by Crippen LogP contribution is -2.33. The average Bonchev–Trinajstić information content (AvgIpc) is 3.13. The second-order valence-electron chi connectivity index (χ2n) is 6.43. The molecular formula is C19H21N5O4. The van der Waals surface area contributed by atoms with E-state index in [1.54, 1.807) is 19.1 Å². The average molecular weight is 383 g/mol. The van der Waals surface area contributed by atoms with Crippen molar-refractivity contribution in [1.82, 2.24) is 20.3 Å². The summed E-state index contributed by atoms with van der Waals surface area (Å²) in [6.07, 6.45) is 2.42. The zero-order valence-electron chi connectivity index (χ0n) is 15.6. The number of aryl methyl sites for hydroxylation is 2. The van der Waals surface area contributed by atoms with Crippen LogP contribution in [0.5, 0.6) is 5.75 Å². The fourth-order valence-electron chi connectivity index (χ4n) is 2.93. The number of aromatic nitrogens is 1. The van der Waals surface area contributed by atoms with Crippen molar-refractivity contribution >= 4 is 18.2 Å². The van der Waals surface area contributed by atoms with Crippen LogP contribution in [0.4, 0.5) is 4.79 Å². The van der Waals surface area contributed by atoms with Gasteiger partial charge < -0.3 is 25.3 Å². The molecule has 3 N–H and O–H groups in total. The molecule has 0 saturated carbocycles. The van der Waals surface area contributed by atoms with E-state index in [0.717, 1.165) is 27.9 Å². The van der Waals surface area contributed by atoms with E-state index in [9.17, 15) is 14.7 Å². The Labute approximate surface area is 161 Å². The molecule has 0 unspecified atom stereocenters. The van der Waals surface area contributed by atoms with Crippen molar-refractivity contribution in [3.63, 3.8) is 0 Å². The number of carbonyl (C=O) groups excluding carboxylic acids is 2. The van der Waals surface area contributed by atoms with Crippen LogP contribution in [0.2, 0.25) is 0 Å². The Bertz CT molecular complexity index is 913. The van der Waals surface area contributed by atoms with E-state index < -0.39 is 11.9 Å². The highest BCUT2D eigenvalue weighted by Crippen LogP contribution is 2.19. The number of rotatable bonds is 7. The fourth-order valence-corrected chi connectivity index (χ4v) is 2.93. The molecule has 9 heteroatoms. The molecule has 0 bridgehead atoms. The summed E-state index contributed by atoms with van der Waals surface area (Å²) in [7, 11) is 0. The summed E-state index contributed by atoms with van der Waals surface area (Å²) >= 11 is 0. The lowest BCUT2D eigenvalue weighted by molar-refractivity contribution is -0.123. The Hall–Kier alpha value is -3.62. The third kappa shape index (κ3) is 3.88. The molecule has 0 aliphatic carbocycles.